The van der Waals surface area contributed by atoms with Crippen molar-refractivity contribution in [3.05, 3.63) is 41.7 Å². The normalized spacial score (nSPS) is 17.9. The molecule has 0 bridgehead atoms. The SMILES string of the molecule is CC(C)c1nc(C(=O)NC2CCCOC2)nn1-c1ccccc1F. The van der Waals surface area contributed by atoms with Crippen LogP contribution in [0.4, 0.5) is 4.39 Å². The summed E-state index contributed by atoms with van der Waals surface area (Å²) in [5.41, 5.74) is 0.286. The lowest BCUT2D eigenvalue weighted by Crippen LogP contribution is -2.41. The molecule has 1 aliphatic rings. The van der Waals surface area contributed by atoms with Crippen molar-refractivity contribution in [1.82, 2.24) is 20.1 Å². The Morgan fingerprint density at radius 3 is 2.88 bits per heavy atom. The predicted molar refractivity (Wildman–Crippen MR) is 86.7 cm³/mol. The fraction of sp³-hybridized carbons (Fsp3) is 0.471. The topological polar surface area (TPSA) is 69.0 Å². The van der Waals surface area contributed by atoms with Crippen LogP contribution in [-0.2, 0) is 4.74 Å². The van der Waals surface area contributed by atoms with E-state index in [1.165, 1.54) is 10.7 Å². The maximum atomic E-state index is 14.1. The summed E-state index contributed by atoms with van der Waals surface area (Å²) >= 11 is 0. The van der Waals surface area contributed by atoms with Gasteiger partial charge in [0, 0.05) is 12.5 Å². The summed E-state index contributed by atoms with van der Waals surface area (Å²) in [5.74, 6) is -0.172. The first-order chi connectivity index (χ1) is 11.6. The molecule has 3 rings (SSSR count). The maximum Gasteiger partial charge on any atom is 0.291 e. The number of hydrogen-bond donors (Lipinski definition) is 1. The number of carbonyl (C=O) groups is 1. The molecule has 7 heteroatoms. The van der Waals surface area contributed by atoms with E-state index in [0.29, 0.717) is 12.4 Å². The lowest BCUT2D eigenvalue weighted by atomic mass is 10.1. The second kappa shape index (κ2) is 7.09. The number of hydrogen-bond acceptors (Lipinski definition) is 4. The van der Waals surface area contributed by atoms with E-state index in [1.807, 2.05) is 13.8 Å². The van der Waals surface area contributed by atoms with Gasteiger partial charge in [-0.05, 0) is 25.0 Å². The van der Waals surface area contributed by atoms with Crippen molar-refractivity contribution >= 4 is 5.91 Å². The van der Waals surface area contributed by atoms with Gasteiger partial charge in [-0.2, -0.15) is 0 Å². The molecule has 0 aliphatic carbocycles. The third kappa shape index (κ3) is 3.46. The quantitative estimate of drug-likeness (QED) is 0.934. The number of ether oxygens (including phenoxy) is 1. The number of amides is 1. The van der Waals surface area contributed by atoms with Crippen LogP contribution >= 0.6 is 0 Å². The third-order valence-corrected chi connectivity index (χ3v) is 3.93. The standard InChI is InChI=1S/C17H21FN4O2/c1-11(2)16-20-15(17(23)19-12-6-5-9-24-10-12)21-22(16)14-8-4-3-7-13(14)18/h3-4,7-8,11-12H,5-6,9-10H2,1-2H3,(H,19,23). The van der Waals surface area contributed by atoms with Crippen molar-refractivity contribution in [1.29, 1.82) is 0 Å². The lowest BCUT2D eigenvalue weighted by molar-refractivity contribution is 0.0619. The molecule has 1 unspecified atom stereocenters. The van der Waals surface area contributed by atoms with Gasteiger partial charge in [-0.1, -0.05) is 26.0 Å². The number of nitrogens with one attached hydrogen (secondary N) is 1. The predicted octanol–water partition coefficient (Wildman–Crippen LogP) is 2.44. The van der Waals surface area contributed by atoms with Crippen LogP contribution in [0.25, 0.3) is 5.69 Å². The first-order valence-corrected chi connectivity index (χ1v) is 8.16. The lowest BCUT2D eigenvalue weighted by Gasteiger charge is -2.22. The van der Waals surface area contributed by atoms with Crippen molar-refractivity contribution in [2.75, 3.05) is 13.2 Å². The van der Waals surface area contributed by atoms with Gasteiger partial charge >= 0.3 is 0 Å². The van der Waals surface area contributed by atoms with Gasteiger partial charge in [0.25, 0.3) is 5.91 Å². The number of nitrogens with zero attached hydrogens (tertiary/aromatic N) is 3. The number of rotatable bonds is 4. The summed E-state index contributed by atoms with van der Waals surface area (Å²) in [6.45, 7) is 5.08. The van der Waals surface area contributed by atoms with E-state index in [-0.39, 0.29) is 29.4 Å². The Bertz CT molecular complexity index is 723. The molecule has 0 spiro atoms. The summed E-state index contributed by atoms with van der Waals surface area (Å²) < 4.78 is 20.9. The van der Waals surface area contributed by atoms with E-state index < -0.39 is 5.82 Å². The van der Waals surface area contributed by atoms with Crippen molar-refractivity contribution in [3.8, 4) is 5.69 Å². The van der Waals surface area contributed by atoms with Crippen molar-refractivity contribution in [2.24, 2.45) is 0 Å². The van der Waals surface area contributed by atoms with Crippen molar-refractivity contribution < 1.29 is 13.9 Å². The van der Waals surface area contributed by atoms with Gasteiger partial charge in [-0.25, -0.2) is 14.1 Å². The number of para-hydroxylation sites is 1. The maximum absolute atomic E-state index is 14.1. The fourth-order valence-electron chi connectivity index (χ4n) is 2.70. The van der Waals surface area contributed by atoms with Gasteiger partial charge in [0.15, 0.2) is 0 Å². The molecule has 0 saturated carbocycles. The Balaban J connectivity index is 1.88. The zero-order valence-corrected chi connectivity index (χ0v) is 13.8. The highest BCUT2D eigenvalue weighted by atomic mass is 19.1. The Morgan fingerprint density at radius 2 is 2.21 bits per heavy atom. The van der Waals surface area contributed by atoms with Crippen LogP contribution in [0.1, 0.15) is 49.1 Å². The molecule has 1 aliphatic heterocycles. The summed E-state index contributed by atoms with van der Waals surface area (Å²) in [5, 5.41) is 7.13. The number of aromatic nitrogens is 3. The van der Waals surface area contributed by atoms with E-state index in [0.717, 1.165) is 19.4 Å². The molecular formula is C17H21FN4O2. The summed E-state index contributed by atoms with van der Waals surface area (Å²) in [4.78, 5) is 16.7. The molecule has 128 valence electrons. The number of carbonyl (C=O) groups excluding carboxylic acids is 1. The Morgan fingerprint density at radius 1 is 1.42 bits per heavy atom. The van der Waals surface area contributed by atoms with Gasteiger partial charge in [0.2, 0.25) is 5.82 Å². The van der Waals surface area contributed by atoms with Gasteiger partial charge in [-0.15, -0.1) is 5.10 Å². The molecular weight excluding hydrogens is 311 g/mol. The Labute approximate surface area is 140 Å². The second-order valence-corrected chi connectivity index (χ2v) is 6.20. The monoisotopic (exact) mass is 332 g/mol. The summed E-state index contributed by atoms with van der Waals surface area (Å²) in [6, 6.07) is 6.28. The minimum Gasteiger partial charge on any atom is -0.379 e. The van der Waals surface area contributed by atoms with Crippen LogP contribution in [0, 0.1) is 5.82 Å². The van der Waals surface area contributed by atoms with Gasteiger partial charge in [-0.3, -0.25) is 4.79 Å². The van der Waals surface area contributed by atoms with E-state index in [9.17, 15) is 9.18 Å². The average Bonchev–Trinajstić information content (AvgIpc) is 3.02. The molecule has 1 atom stereocenters. The van der Waals surface area contributed by atoms with Crippen LogP contribution in [0.15, 0.2) is 24.3 Å². The molecule has 1 fully saturated rings. The van der Waals surface area contributed by atoms with E-state index >= 15 is 0 Å². The molecule has 1 N–H and O–H groups in total. The number of halogens is 1. The molecule has 2 aromatic rings. The van der Waals surface area contributed by atoms with Crippen LogP contribution in [-0.4, -0.2) is 39.9 Å². The van der Waals surface area contributed by atoms with E-state index in [1.54, 1.807) is 18.2 Å². The third-order valence-electron chi connectivity index (χ3n) is 3.93. The molecule has 1 amide bonds. The van der Waals surface area contributed by atoms with Crippen LogP contribution in [0.5, 0.6) is 0 Å². The van der Waals surface area contributed by atoms with Crippen LogP contribution in [0.2, 0.25) is 0 Å². The van der Waals surface area contributed by atoms with E-state index in [4.69, 9.17) is 4.74 Å². The Hall–Kier alpha value is -2.28. The first kappa shape index (κ1) is 16.6. The van der Waals surface area contributed by atoms with Crippen LogP contribution < -0.4 is 5.32 Å². The minimum absolute atomic E-state index is 0.00308. The minimum atomic E-state index is -0.406. The highest BCUT2D eigenvalue weighted by Gasteiger charge is 2.23. The molecule has 24 heavy (non-hydrogen) atoms. The van der Waals surface area contributed by atoms with Crippen molar-refractivity contribution in [3.63, 3.8) is 0 Å². The van der Waals surface area contributed by atoms with Crippen LogP contribution in [0.3, 0.4) is 0 Å². The molecule has 2 heterocycles. The zero-order valence-electron chi connectivity index (χ0n) is 13.8. The molecule has 1 aromatic heterocycles. The largest absolute Gasteiger partial charge is 0.379 e. The number of benzene rings is 1. The summed E-state index contributed by atoms with van der Waals surface area (Å²) in [7, 11) is 0. The van der Waals surface area contributed by atoms with Gasteiger partial charge < -0.3 is 10.1 Å². The highest BCUT2D eigenvalue weighted by Crippen LogP contribution is 2.19. The van der Waals surface area contributed by atoms with Gasteiger partial charge in [0.05, 0.1) is 12.6 Å². The summed E-state index contributed by atoms with van der Waals surface area (Å²) in [6.07, 6.45) is 1.79. The van der Waals surface area contributed by atoms with E-state index in [2.05, 4.69) is 15.4 Å². The molecule has 1 saturated heterocycles. The molecule has 1 aromatic carbocycles. The second-order valence-electron chi connectivity index (χ2n) is 6.20. The Kier molecular flexibility index (Phi) is 4.89. The zero-order chi connectivity index (χ0) is 17.1. The fourth-order valence-corrected chi connectivity index (χ4v) is 2.70. The average molecular weight is 332 g/mol. The molecule has 0 radical (unpaired) electrons. The highest BCUT2D eigenvalue weighted by molar-refractivity contribution is 5.90. The molecule has 6 nitrogen and oxygen atoms in total. The van der Waals surface area contributed by atoms with Crippen molar-refractivity contribution in [2.45, 2.75) is 38.6 Å². The van der Waals surface area contributed by atoms with Gasteiger partial charge in [0.1, 0.15) is 17.3 Å². The smallest absolute Gasteiger partial charge is 0.291 e. The first-order valence-electron chi connectivity index (χ1n) is 8.16.